The predicted molar refractivity (Wildman–Crippen MR) is 96.0 cm³/mol. The summed E-state index contributed by atoms with van der Waals surface area (Å²) in [5.74, 6) is -0.514. The van der Waals surface area contributed by atoms with Crippen molar-refractivity contribution in [3.8, 4) is 0 Å². The van der Waals surface area contributed by atoms with Crippen LogP contribution in [0.2, 0.25) is 0 Å². The van der Waals surface area contributed by atoms with Gasteiger partial charge in [-0.05, 0) is 17.4 Å². The van der Waals surface area contributed by atoms with Gasteiger partial charge in [0.25, 0.3) is 5.69 Å². The van der Waals surface area contributed by atoms with Crippen LogP contribution in [0.4, 0.5) is 5.69 Å². The number of rotatable bonds is 3. The third-order valence-corrected chi connectivity index (χ3v) is 5.00. The molecule has 1 aliphatic carbocycles. The van der Waals surface area contributed by atoms with Crippen LogP contribution >= 0.6 is 0 Å². The fraction of sp³-hybridized carbons (Fsp3) is 0.474. The van der Waals surface area contributed by atoms with Crippen molar-refractivity contribution < 1.29 is 14.5 Å². The molecule has 1 atom stereocenters. The second kappa shape index (κ2) is 6.32. The fourth-order valence-corrected chi connectivity index (χ4v) is 4.00. The molecule has 3 rings (SSSR count). The molecule has 1 aliphatic heterocycles. The van der Waals surface area contributed by atoms with E-state index in [1.165, 1.54) is 12.1 Å². The Morgan fingerprint density at radius 1 is 1.23 bits per heavy atom. The number of nitro groups is 1. The number of ketones is 1. The highest BCUT2D eigenvalue weighted by Gasteiger charge is 2.44. The van der Waals surface area contributed by atoms with Crippen molar-refractivity contribution in [3.63, 3.8) is 0 Å². The van der Waals surface area contributed by atoms with Gasteiger partial charge in [0, 0.05) is 56.3 Å². The van der Waals surface area contributed by atoms with Crippen LogP contribution in [0.5, 0.6) is 0 Å². The number of amides is 1. The molecule has 1 aromatic rings. The number of benzene rings is 1. The van der Waals surface area contributed by atoms with Gasteiger partial charge in [-0.1, -0.05) is 26.0 Å². The smallest absolute Gasteiger partial charge is 0.269 e. The summed E-state index contributed by atoms with van der Waals surface area (Å²) in [7, 11) is 3.56. The van der Waals surface area contributed by atoms with Crippen LogP contribution in [0.25, 0.3) is 0 Å². The van der Waals surface area contributed by atoms with Crippen LogP contribution in [0.3, 0.4) is 0 Å². The van der Waals surface area contributed by atoms with Crippen molar-refractivity contribution in [1.29, 1.82) is 0 Å². The summed E-state index contributed by atoms with van der Waals surface area (Å²) < 4.78 is 0. The Morgan fingerprint density at radius 3 is 2.54 bits per heavy atom. The third kappa shape index (κ3) is 3.14. The van der Waals surface area contributed by atoms with Crippen molar-refractivity contribution in [2.24, 2.45) is 5.41 Å². The van der Waals surface area contributed by atoms with Gasteiger partial charge < -0.3 is 0 Å². The van der Waals surface area contributed by atoms with Crippen molar-refractivity contribution in [1.82, 2.24) is 10.0 Å². The molecule has 7 nitrogen and oxygen atoms in total. The number of nitro benzene ring substituents is 1. The van der Waals surface area contributed by atoms with Crippen LogP contribution in [0.1, 0.15) is 44.6 Å². The molecule has 26 heavy (non-hydrogen) atoms. The Balaban J connectivity index is 2.16. The highest BCUT2D eigenvalue weighted by molar-refractivity contribution is 6.02. The minimum Gasteiger partial charge on any atom is -0.294 e. The predicted octanol–water partition coefficient (Wildman–Crippen LogP) is 3.03. The second-order valence-electron chi connectivity index (χ2n) is 7.96. The summed E-state index contributed by atoms with van der Waals surface area (Å²) in [5.41, 5.74) is 1.74. The molecule has 138 valence electrons. The van der Waals surface area contributed by atoms with Crippen molar-refractivity contribution in [2.75, 3.05) is 14.1 Å². The lowest BCUT2D eigenvalue weighted by atomic mass is 9.69. The first-order chi connectivity index (χ1) is 12.1. The molecule has 0 saturated carbocycles. The Bertz CT molecular complexity index is 826. The maximum absolute atomic E-state index is 13.0. The van der Waals surface area contributed by atoms with Crippen LogP contribution in [-0.2, 0) is 9.59 Å². The molecular weight excluding hydrogens is 334 g/mol. The normalized spacial score (nSPS) is 22.7. The van der Waals surface area contributed by atoms with E-state index < -0.39 is 10.8 Å². The zero-order valence-electron chi connectivity index (χ0n) is 15.5. The van der Waals surface area contributed by atoms with Crippen molar-refractivity contribution >= 4 is 17.4 Å². The molecular formula is C19H23N3O4. The third-order valence-electron chi connectivity index (χ3n) is 5.00. The average molecular weight is 357 g/mol. The van der Waals surface area contributed by atoms with E-state index in [-0.39, 0.29) is 29.2 Å². The van der Waals surface area contributed by atoms with E-state index in [2.05, 4.69) is 0 Å². The Hall–Kier alpha value is -2.54. The van der Waals surface area contributed by atoms with E-state index in [0.29, 0.717) is 24.0 Å². The number of carbonyl (C=O) groups excluding carboxylic acids is 2. The van der Waals surface area contributed by atoms with Gasteiger partial charge >= 0.3 is 0 Å². The monoisotopic (exact) mass is 357 g/mol. The maximum atomic E-state index is 13.0. The number of hydrazine groups is 1. The summed E-state index contributed by atoms with van der Waals surface area (Å²) >= 11 is 0. The number of hydrogen-bond acceptors (Lipinski definition) is 5. The summed E-state index contributed by atoms with van der Waals surface area (Å²) in [5, 5.41) is 14.4. The molecule has 0 unspecified atom stereocenters. The summed E-state index contributed by atoms with van der Waals surface area (Å²) in [4.78, 5) is 36.5. The zero-order chi connectivity index (χ0) is 19.2. The van der Waals surface area contributed by atoms with Gasteiger partial charge in [-0.25, -0.2) is 10.0 Å². The maximum Gasteiger partial charge on any atom is 0.269 e. The number of non-ortho nitro benzene ring substituents is 1. The van der Waals surface area contributed by atoms with E-state index in [4.69, 9.17) is 0 Å². The van der Waals surface area contributed by atoms with E-state index in [0.717, 1.165) is 5.70 Å². The topological polar surface area (TPSA) is 83.8 Å². The summed E-state index contributed by atoms with van der Waals surface area (Å²) in [6, 6.07) is 6.25. The fourth-order valence-electron chi connectivity index (χ4n) is 4.00. The van der Waals surface area contributed by atoms with Gasteiger partial charge in [0.2, 0.25) is 5.91 Å². The molecule has 0 N–H and O–H groups in total. The molecule has 0 fully saturated rings. The molecule has 0 saturated heterocycles. The standard InChI is InChI=1S/C19H23N3O4/c1-19(2)10-15-18(16(23)11-19)14(9-17(24)21(15)20(3)4)12-6-5-7-13(8-12)22(25)26/h5-8,14H,9-11H2,1-4H3/t14-/m0/s1. The quantitative estimate of drug-likeness (QED) is 0.613. The lowest BCUT2D eigenvalue weighted by Crippen LogP contribution is -2.49. The van der Waals surface area contributed by atoms with Crippen LogP contribution in [0, 0.1) is 15.5 Å². The van der Waals surface area contributed by atoms with Crippen molar-refractivity contribution in [3.05, 3.63) is 51.2 Å². The van der Waals surface area contributed by atoms with E-state index in [9.17, 15) is 19.7 Å². The van der Waals surface area contributed by atoms with Crippen LogP contribution in [0.15, 0.2) is 35.5 Å². The minimum absolute atomic E-state index is 0.0205. The van der Waals surface area contributed by atoms with E-state index >= 15 is 0 Å². The molecule has 0 radical (unpaired) electrons. The number of carbonyl (C=O) groups is 2. The molecule has 0 aromatic heterocycles. The Labute approximate surface area is 152 Å². The highest BCUT2D eigenvalue weighted by Crippen LogP contribution is 2.47. The van der Waals surface area contributed by atoms with Crippen LogP contribution < -0.4 is 0 Å². The SMILES string of the molecule is CN(C)N1C(=O)C[C@@H](c2cccc([N+](=O)[O-])c2)C2=C1CC(C)(C)CC2=O. The number of nitrogens with zero attached hydrogens (tertiary/aromatic N) is 3. The largest absolute Gasteiger partial charge is 0.294 e. The molecule has 1 amide bonds. The number of allylic oxidation sites excluding steroid dienone is 2. The summed E-state index contributed by atoms with van der Waals surface area (Å²) in [6.07, 6.45) is 1.15. The van der Waals surface area contributed by atoms with Gasteiger partial charge in [0.1, 0.15) is 0 Å². The first-order valence-electron chi connectivity index (χ1n) is 8.61. The van der Waals surface area contributed by atoms with Crippen molar-refractivity contribution in [2.45, 2.75) is 39.0 Å². The average Bonchev–Trinajstić information content (AvgIpc) is 2.52. The minimum atomic E-state index is -0.457. The number of Topliss-reactive ketones (excluding diaryl/α,β-unsaturated/α-hetero) is 1. The molecule has 7 heteroatoms. The molecule has 2 aliphatic rings. The van der Waals surface area contributed by atoms with E-state index in [1.54, 1.807) is 36.2 Å². The molecule has 1 aromatic carbocycles. The Kier molecular flexibility index (Phi) is 4.44. The molecule has 1 heterocycles. The van der Waals surface area contributed by atoms with Gasteiger partial charge in [0.15, 0.2) is 5.78 Å². The van der Waals surface area contributed by atoms with Crippen LogP contribution in [-0.4, -0.2) is 40.7 Å². The van der Waals surface area contributed by atoms with Gasteiger partial charge in [-0.2, -0.15) is 0 Å². The molecule has 0 bridgehead atoms. The van der Waals surface area contributed by atoms with E-state index in [1.807, 2.05) is 13.8 Å². The number of hydrogen-bond donors (Lipinski definition) is 0. The lowest BCUT2D eigenvalue weighted by Gasteiger charge is -2.44. The molecule has 0 spiro atoms. The van der Waals surface area contributed by atoms with Gasteiger partial charge in [-0.3, -0.25) is 19.7 Å². The second-order valence-corrected chi connectivity index (χ2v) is 7.96. The Morgan fingerprint density at radius 2 is 1.92 bits per heavy atom. The van der Waals surface area contributed by atoms with Gasteiger partial charge in [-0.15, -0.1) is 0 Å². The highest BCUT2D eigenvalue weighted by atomic mass is 16.6. The van der Waals surface area contributed by atoms with Gasteiger partial charge in [0.05, 0.1) is 4.92 Å². The first kappa shape index (κ1) is 18.3. The lowest BCUT2D eigenvalue weighted by molar-refractivity contribution is -0.384. The summed E-state index contributed by atoms with van der Waals surface area (Å²) in [6.45, 7) is 4.04. The zero-order valence-corrected chi connectivity index (χ0v) is 15.5. The first-order valence-corrected chi connectivity index (χ1v) is 8.61.